The first kappa shape index (κ1) is 18.1. The van der Waals surface area contributed by atoms with Gasteiger partial charge in [-0.1, -0.05) is 24.3 Å². The molecule has 0 radical (unpaired) electrons. The van der Waals surface area contributed by atoms with Gasteiger partial charge in [-0.3, -0.25) is 0 Å². The summed E-state index contributed by atoms with van der Waals surface area (Å²) >= 11 is 0. The molecule has 0 saturated carbocycles. The molecule has 2 aliphatic heterocycles. The summed E-state index contributed by atoms with van der Waals surface area (Å²) in [6.07, 6.45) is 6.80. The van der Waals surface area contributed by atoms with Crippen LogP contribution in [-0.4, -0.2) is 44.7 Å². The first-order chi connectivity index (χ1) is 13.2. The van der Waals surface area contributed by atoms with E-state index in [0.717, 1.165) is 26.2 Å². The fourth-order valence-electron chi connectivity index (χ4n) is 4.02. The van der Waals surface area contributed by atoms with Gasteiger partial charge in [0.15, 0.2) is 0 Å². The molecule has 4 rings (SSSR count). The Morgan fingerprint density at radius 1 is 1.07 bits per heavy atom. The molecule has 0 atom stereocenters. The Kier molecular flexibility index (Phi) is 5.46. The van der Waals surface area contributed by atoms with Gasteiger partial charge in [-0.25, -0.2) is 0 Å². The second-order valence-corrected chi connectivity index (χ2v) is 7.89. The van der Waals surface area contributed by atoms with E-state index in [2.05, 4.69) is 83.6 Å². The maximum Gasteiger partial charge on any atom is 0.0442 e. The second-order valence-electron chi connectivity index (χ2n) is 7.89. The number of hydrogen-bond donors (Lipinski definition) is 3. The Bertz CT molecular complexity index is 910. The summed E-state index contributed by atoms with van der Waals surface area (Å²) in [5.74, 6) is 0. The zero-order valence-electron chi connectivity index (χ0n) is 16.4. The van der Waals surface area contributed by atoms with Crippen LogP contribution in [0.4, 0.5) is 5.69 Å². The lowest BCUT2D eigenvalue weighted by atomic mass is 9.98. The van der Waals surface area contributed by atoms with Crippen LogP contribution in [0.1, 0.15) is 18.4 Å². The molecule has 0 aliphatic carbocycles. The third-order valence-corrected chi connectivity index (χ3v) is 5.36. The number of fused-ring (bicyclic) bond motifs is 1. The molecule has 3 N–H and O–H groups in total. The molecule has 4 nitrogen and oxygen atoms in total. The monoisotopic (exact) mass is 362 g/mol. The summed E-state index contributed by atoms with van der Waals surface area (Å²) in [6, 6.07) is 14.1. The van der Waals surface area contributed by atoms with Crippen LogP contribution in [0.5, 0.6) is 0 Å². The van der Waals surface area contributed by atoms with E-state index in [1.165, 1.54) is 45.7 Å². The van der Waals surface area contributed by atoms with Gasteiger partial charge in [0, 0.05) is 36.2 Å². The van der Waals surface area contributed by atoms with Gasteiger partial charge in [0.05, 0.1) is 0 Å². The van der Waals surface area contributed by atoms with Crippen molar-refractivity contribution in [2.45, 2.75) is 25.4 Å². The highest BCUT2D eigenvalue weighted by Crippen LogP contribution is 2.22. The maximum atomic E-state index is 3.83. The number of nitrogens with one attached hydrogen (secondary N) is 3. The van der Waals surface area contributed by atoms with Crippen molar-refractivity contribution in [3.63, 3.8) is 0 Å². The van der Waals surface area contributed by atoms with Crippen molar-refractivity contribution < 1.29 is 0 Å². The summed E-state index contributed by atoms with van der Waals surface area (Å²) in [7, 11) is 4.23. The van der Waals surface area contributed by atoms with Crippen LogP contribution in [0.15, 0.2) is 36.4 Å². The van der Waals surface area contributed by atoms with Gasteiger partial charge in [0.25, 0.3) is 0 Å². The topological polar surface area (TPSA) is 39.3 Å². The van der Waals surface area contributed by atoms with E-state index in [1.54, 1.807) is 0 Å². The lowest BCUT2D eigenvalue weighted by Crippen LogP contribution is -2.40. The van der Waals surface area contributed by atoms with E-state index in [1.807, 2.05) is 0 Å². The van der Waals surface area contributed by atoms with Crippen molar-refractivity contribution >= 4 is 18.0 Å². The molecule has 2 heterocycles. The molecular weight excluding hydrogens is 332 g/mol. The minimum atomic E-state index is 0.543. The van der Waals surface area contributed by atoms with Crippen LogP contribution in [0, 0.1) is 0 Å². The van der Waals surface area contributed by atoms with Gasteiger partial charge < -0.3 is 20.9 Å². The first-order valence-corrected chi connectivity index (χ1v) is 9.98. The van der Waals surface area contributed by atoms with E-state index < -0.39 is 0 Å². The molecule has 27 heavy (non-hydrogen) atoms. The number of piperidine rings is 1. The van der Waals surface area contributed by atoms with E-state index in [4.69, 9.17) is 0 Å². The van der Waals surface area contributed by atoms with Crippen molar-refractivity contribution in [2.24, 2.45) is 0 Å². The molecule has 2 aromatic carbocycles. The van der Waals surface area contributed by atoms with Gasteiger partial charge in [0.2, 0.25) is 0 Å². The average molecular weight is 363 g/mol. The molecule has 0 aromatic heterocycles. The maximum absolute atomic E-state index is 3.83. The number of hydrogen-bond acceptors (Lipinski definition) is 4. The Labute approximate surface area is 162 Å². The molecular formula is C23H30N4. The zero-order chi connectivity index (χ0) is 18.6. The van der Waals surface area contributed by atoms with Crippen molar-refractivity contribution in [2.75, 3.05) is 39.0 Å². The highest BCUT2D eigenvalue weighted by atomic mass is 15.0. The molecule has 142 valence electrons. The van der Waals surface area contributed by atoms with Crippen molar-refractivity contribution in [3.05, 3.63) is 52.4 Å². The normalized spacial score (nSPS) is 16.9. The van der Waals surface area contributed by atoms with E-state index in [-0.39, 0.29) is 0 Å². The molecule has 0 unspecified atom stereocenters. The summed E-state index contributed by atoms with van der Waals surface area (Å²) in [4.78, 5) is 2.21. The number of rotatable bonds is 5. The molecule has 2 aromatic rings. The Hall–Kier alpha value is -2.30. The zero-order valence-corrected chi connectivity index (χ0v) is 16.4. The summed E-state index contributed by atoms with van der Waals surface area (Å²) in [5.41, 5.74) is 5.17. The van der Waals surface area contributed by atoms with Gasteiger partial charge in [-0.15, -0.1) is 0 Å². The smallest absolute Gasteiger partial charge is 0.0442 e. The van der Waals surface area contributed by atoms with Gasteiger partial charge >= 0.3 is 0 Å². The third-order valence-electron chi connectivity index (χ3n) is 5.36. The van der Waals surface area contributed by atoms with Crippen LogP contribution in [0.2, 0.25) is 0 Å². The predicted molar refractivity (Wildman–Crippen MR) is 115 cm³/mol. The molecule has 4 heteroatoms. The molecule has 0 amide bonds. The third kappa shape index (κ3) is 4.34. The SMILES string of the molecule is CN(C)Cc1cccc(-c2cc(NC3CCNCC3)c3c(c2)=CCNC=3)c1. The Balaban J connectivity index is 1.73. The largest absolute Gasteiger partial charge is 0.387 e. The van der Waals surface area contributed by atoms with Crippen molar-refractivity contribution in [1.29, 1.82) is 0 Å². The minimum absolute atomic E-state index is 0.543. The highest BCUT2D eigenvalue weighted by molar-refractivity contribution is 5.71. The number of anilines is 1. The molecule has 0 bridgehead atoms. The van der Waals surface area contributed by atoms with Gasteiger partial charge in [0.1, 0.15) is 0 Å². The average Bonchev–Trinajstić information content (AvgIpc) is 2.68. The molecule has 2 aliphatic rings. The molecule has 1 fully saturated rings. The summed E-state index contributed by atoms with van der Waals surface area (Å²) in [6.45, 7) is 4.05. The van der Waals surface area contributed by atoms with Crippen LogP contribution < -0.4 is 26.4 Å². The second kappa shape index (κ2) is 8.15. The van der Waals surface area contributed by atoms with E-state index in [9.17, 15) is 0 Å². The van der Waals surface area contributed by atoms with Crippen LogP contribution in [0.3, 0.4) is 0 Å². The fourth-order valence-corrected chi connectivity index (χ4v) is 4.02. The van der Waals surface area contributed by atoms with Gasteiger partial charge in [-0.05, 0) is 80.1 Å². The predicted octanol–water partition coefficient (Wildman–Crippen LogP) is 1.70. The minimum Gasteiger partial charge on any atom is -0.387 e. The Morgan fingerprint density at radius 2 is 1.93 bits per heavy atom. The standard InChI is InChI=1S/C23H30N4/c1-27(2)16-17-4-3-5-18(12-17)20-13-19-6-9-25-15-22(19)23(14-20)26-21-7-10-24-11-8-21/h3-6,12-15,21,24-26H,7-11,16H2,1-2H3. The van der Waals surface area contributed by atoms with Crippen LogP contribution >= 0.6 is 0 Å². The molecule has 1 saturated heterocycles. The van der Waals surface area contributed by atoms with Crippen LogP contribution in [-0.2, 0) is 6.54 Å². The summed E-state index contributed by atoms with van der Waals surface area (Å²) in [5, 5.41) is 13.3. The number of nitrogens with zero attached hydrogens (tertiary/aromatic N) is 1. The lowest BCUT2D eigenvalue weighted by molar-refractivity contribution is 0.402. The molecule has 0 spiro atoms. The van der Waals surface area contributed by atoms with Crippen LogP contribution in [0.25, 0.3) is 23.4 Å². The first-order valence-electron chi connectivity index (χ1n) is 9.98. The van der Waals surface area contributed by atoms with E-state index in [0.29, 0.717) is 6.04 Å². The van der Waals surface area contributed by atoms with Gasteiger partial charge in [-0.2, -0.15) is 0 Å². The quantitative estimate of drug-likeness (QED) is 0.757. The summed E-state index contributed by atoms with van der Waals surface area (Å²) < 4.78 is 0. The van der Waals surface area contributed by atoms with Crippen molar-refractivity contribution in [1.82, 2.24) is 15.5 Å². The fraction of sp³-hybridized carbons (Fsp3) is 0.391. The highest BCUT2D eigenvalue weighted by Gasteiger charge is 2.14. The van der Waals surface area contributed by atoms with E-state index >= 15 is 0 Å². The lowest BCUT2D eigenvalue weighted by Gasteiger charge is -2.25. The Morgan fingerprint density at radius 3 is 2.74 bits per heavy atom. The van der Waals surface area contributed by atoms with Crippen molar-refractivity contribution in [3.8, 4) is 11.1 Å². The number of benzene rings is 2.